The first-order valence-electron chi connectivity index (χ1n) is 13.6. The monoisotopic (exact) mass is 547 g/mol. The number of fused-ring (bicyclic) bond motifs is 5. The van der Waals surface area contributed by atoms with Crippen LogP contribution in [0.25, 0.3) is 28.2 Å². The molecule has 1 unspecified atom stereocenters. The maximum atomic E-state index is 13.2. The Morgan fingerprint density at radius 3 is 2.62 bits per heavy atom. The lowest BCUT2D eigenvalue weighted by molar-refractivity contribution is -0.136. The molecular formula is C30H33N3O5S. The third kappa shape index (κ3) is 5.00. The van der Waals surface area contributed by atoms with Crippen molar-refractivity contribution >= 4 is 40.4 Å². The van der Waals surface area contributed by atoms with Gasteiger partial charge in [0, 0.05) is 22.0 Å². The minimum absolute atomic E-state index is 0.338. The van der Waals surface area contributed by atoms with Crippen LogP contribution in [-0.2, 0) is 32.4 Å². The molecule has 3 aliphatic rings. The fourth-order valence-corrected chi connectivity index (χ4v) is 7.07. The molecule has 1 atom stereocenters. The summed E-state index contributed by atoms with van der Waals surface area (Å²) in [5, 5.41) is 1.10. The van der Waals surface area contributed by atoms with Gasteiger partial charge in [0.25, 0.3) is 5.91 Å². The van der Waals surface area contributed by atoms with Crippen molar-refractivity contribution in [3.05, 3.63) is 64.7 Å². The molecule has 0 bridgehead atoms. The standard InChI is InChI=1S/C30H33N3O5S/c1-37-30(35)23-17-21-9-5-6-10-24(21)28-27(20-7-3-2-4-8-20)25-12-11-22(18-26(25)33(28)19-23)29(34)31-39(36)32-13-15-38-16-14-32/h5-6,9-12,17-18,20H,2-4,7-8,13-16,19H2,1H3,(H,31,34). The predicted molar refractivity (Wildman–Crippen MR) is 151 cm³/mol. The van der Waals surface area contributed by atoms with Crippen LogP contribution in [0.2, 0.25) is 0 Å². The highest BCUT2D eigenvalue weighted by molar-refractivity contribution is 7.87. The van der Waals surface area contributed by atoms with Gasteiger partial charge in [-0.25, -0.2) is 4.79 Å². The van der Waals surface area contributed by atoms with E-state index >= 15 is 0 Å². The second kappa shape index (κ2) is 11.2. The van der Waals surface area contributed by atoms with E-state index in [0.29, 0.717) is 49.9 Å². The molecule has 8 nitrogen and oxygen atoms in total. The number of carbonyl (C=O) groups excluding carboxylic acids is 2. The van der Waals surface area contributed by atoms with E-state index in [2.05, 4.69) is 15.4 Å². The predicted octanol–water partition coefficient (Wildman–Crippen LogP) is 4.57. The van der Waals surface area contributed by atoms with E-state index < -0.39 is 17.5 Å². The van der Waals surface area contributed by atoms with Gasteiger partial charge < -0.3 is 18.6 Å². The first kappa shape index (κ1) is 26.1. The minimum Gasteiger partial charge on any atom is -0.573 e. The molecule has 1 saturated heterocycles. The summed E-state index contributed by atoms with van der Waals surface area (Å²) in [5.74, 6) is -0.360. The number of methoxy groups -OCH3 is 1. The summed E-state index contributed by atoms with van der Waals surface area (Å²) in [6, 6.07) is 13.9. The van der Waals surface area contributed by atoms with Gasteiger partial charge in [-0.1, -0.05) is 53.9 Å². The lowest BCUT2D eigenvalue weighted by Crippen LogP contribution is -2.48. The van der Waals surface area contributed by atoms with Gasteiger partial charge in [0.2, 0.25) is 0 Å². The lowest BCUT2D eigenvalue weighted by atomic mass is 9.81. The van der Waals surface area contributed by atoms with Crippen LogP contribution in [-0.4, -0.2) is 58.7 Å². The highest BCUT2D eigenvalue weighted by Crippen LogP contribution is 2.46. The molecule has 1 aliphatic carbocycles. The number of rotatable bonds is 5. The van der Waals surface area contributed by atoms with Crippen LogP contribution in [0.4, 0.5) is 0 Å². The van der Waals surface area contributed by atoms with Crippen molar-refractivity contribution in [1.29, 1.82) is 0 Å². The molecule has 3 aromatic rings. The smallest absolute Gasteiger partial charge is 0.335 e. The molecule has 2 aliphatic heterocycles. The van der Waals surface area contributed by atoms with Crippen molar-refractivity contribution in [2.24, 2.45) is 0 Å². The number of nitrogens with one attached hydrogen (secondary N) is 1. The molecule has 6 rings (SSSR count). The van der Waals surface area contributed by atoms with Crippen molar-refractivity contribution in [1.82, 2.24) is 13.6 Å². The molecule has 204 valence electrons. The van der Waals surface area contributed by atoms with Crippen LogP contribution in [0.15, 0.2) is 48.0 Å². The van der Waals surface area contributed by atoms with E-state index in [1.165, 1.54) is 31.9 Å². The van der Waals surface area contributed by atoms with Gasteiger partial charge in [0.1, 0.15) is 0 Å². The minimum atomic E-state index is -1.64. The van der Waals surface area contributed by atoms with Crippen LogP contribution in [0.1, 0.15) is 59.5 Å². The number of esters is 1. The SMILES string of the molecule is COC(=O)C1=Cc2ccccc2-c2c(C3CCCCC3)c3ccc(C(=O)N[S+]([O-])N4CCOCC4)cc3n2C1. The number of amides is 1. The molecule has 1 amide bonds. The molecule has 9 heteroatoms. The van der Waals surface area contributed by atoms with Gasteiger partial charge in [-0.05, 0) is 48.1 Å². The molecule has 1 saturated carbocycles. The van der Waals surface area contributed by atoms with Gasteiger partial charge >= 0.3 is 5.97 Å². The van der Waals surface area contributed by atoms with Crippen LogP contribution in [0.3, 0.4) is 0 Å². The van der Waals surface area contributed by atoms with E-state index in [1.807, 2.05) is 42.5 Å². The Kier molecular flexibility index (Phi) is 7.49. The van der Waals surface area contributed by atoms with Gasteiger partial charge in [-0.2, -0.15) is 0 Å². The fraction of sp³-hybridized carbons (Fsp3) is 0.400. The average Bonchev–Trinajstić information content (AvgIpc) is 3.19. The van der Waals surface area contributed by atoms with E-state index in [9.17, 15) is 14.1 Å². The van der Waals surface area contributed by atoms with Gasteiger partial charge in [0.05, 0.1) is 51.2 Å². The van der Waals surface area contributed by atoms with Crippen molar-refractivity contribution in [3.8, 4) is 11.3 Å². The summed E-state index contributed by atoms with van der Waals surface area (Å²) >= 11 is -1.64. The van der Waals surface area contributed by atoms with Crippen LogP contribution in [0.5, 0.6) is 0 Å². The van der Waals surface area contributed by atoms with Gasteiger partial charge in [-0.15, -0.1) is 4.72 Å². The quantitative estimate of drug-likeness (QED) is 0.372. The van der Waals surface area contributed by atoms with E-state index in [0.717, 1.165) is 40.6 Å². The van der Waals surface area contributed by atoms with Crippen molar-refractivity contribution in [2.45, 2.75) is 44.6 Å². The summed E-state index contributed by atoms with van der Waals surface area (Å²) in [5.41, 5.74) is 6.34. The number of nitrogens with zero attached hydrogens (tertiary/aromatic N) is 2. The zero-order chi connectivity index (χ0) is 26.9. The van der Waals surface area contributed by atoms with Crippen molar-refractivity contribution in [2.75, 3.05) is 33.4 Å². The third-order valence-corrected chi connectivity index (χ3v) is 9.28. The zero-order valence-corrected chi connectivity index (χ0v) is 22.9. The molecule has 0 spiro atoms. The fourth-order valence-electron chi connectivity index (χ4n) is 6.19. The highest BCUT2D eigenvalue weighted by Gasteiger charge is 2.31. The third-order valence-electron chi connectivity index (χ3n) is 8.09. The lowest BCUT2D eigenvalue weighted by Gasteiger charge is -2.26. The summed E-state index contributed by atoms with van der Waals surface area (Å²) < 4.78 is 29.8. The Labute approximate surface area is 231 Å². The van der Waals surface area contributed by atoms with Gasteiger partial charge in [0.15, 0.2) is 11.5 Å². The molecular weight excluding hydrogens is 514 g/mol. The first-order chi connectivity index (χ1) is 19.0. The Balaban J connectivity index is 1.47. The van der Waals surface area contributed by atoms with Crippen LogP contribution >= 0.6 is 0 Å². The number of hydrogen-bond acceptors (Lipinski definition) is 6. The largest absolute Gasteiger partial charge is 0.573 e. The van der Waals surface area contributed by atoms with Crippen LogP contribution in [0, 0.1) is 0 Å². The second-order valence-electron chi connectivity index (χ2n) is 10.4. The molecule has 3 heterocycles. The maximum Gasteiger partial charge on any atom is 0.335 e. The van der Waals surface area contributed by atoms with Crippen molar-refractivity contribution < 1.29 is 23.6 Å². The number of benzene rings is 2. The summed E-state index contributed by atoms with van der Waals surface area (Å²) in [6.45, 7) is 2.33. The molecule has 0 radical (unpaired) electrons. The number of aromatic nitrogens is 1. The van der Waals surface area contributed by atoms with E-state index in [1.54, 1.807) is 4.31 Å². The molecule has 2 aromatic carbocycles. The molecule has 2 fully saturated rings. The Morgan fingerprint density at radius 2 is 1.85 bits per heavy atom. The topological polar surface area (TPSA) is 95.9 Å². The zero-order valence-electron chi connectivity index (χ0n) is 22.1. The number of carbonyl (C=O) groups is 2. The summed E-state index contributed by atoms with van der Waals surface area (Å²) in [6.07, 6.45) is 7.79. The molecule has 1 N–H and O–H groups in total. The number of hydrogen-bond donors (Lipinski definition) is 1. The Bertz CT molecular complexity index is 1440. The van der Waals surface area contributed by atoms with Gasteiger partial charge in [-0.3, -0.25) is 4.79 Å². The average molecular weight is 548 g/mol. The van der Waals surface area contributed by atoms with Crippen molar-refractivity contribution in [3.63, 3.8) is 0 Å². The van der Waals surface area contributed by atoms with E-state index in [4.69, 9.17) is 9.47 Å². The van der Waals surface area contributed by atoms with Crippen LogP contribution < -0.4 is 4.72 Å². The summed E-state index contributed by atoms with van der Waals surface area (Å²) in [4.78, 5) is 26.1. The van der Waals surface area contributed by atoms with E-state index in [-0.39, 0.29) is 5.97 Å². The Hall–Kier alpha value is -3.11. The summed E-state index contributed by atoms with van der Waals surface area (Å²) in [7, 11) is 1.40. The normalized spacial score (nSPS) is 19.0. The molecule has 39 heavy (non-hydrogen) atoms. The Morgan fingerprint density at radius 1 is 1.08 bits per heavy atom. The number of morpholine rings is 1. The molecule has 1 aromatic heterocycles. The number of ether oxygens (including phenoxy) is 2. The highest BCUT2D eigenvalue weighted by atomic mass is 32.2. The first-order valence-corrected chi connectivity index (χ1v) is 14.8. The maximum absolute atomic E-state index is 13.2. The second-order valence-corrected chi connectivity index (χ2v) is 11.6.